The van der Waals surface area contributed by atoms with Crippen molar-refractivity contribution in [2.45, 2.75) is 44.6 Å². The Balaban J connectivity index is 1.55. The average molecular weight is 356 g/mol. The monoisotopic (exact) mass is 356 g/mol. The minimum atomic E-state index is -0.297. The Bertz CT molecular complexity index is 778. The predicted octanol–water partition coefficient (Wildman–Crippen LogP) is 2.54. The summed E-state index contributed by atoms with van der Waals surface area (Å²) in [6.07, 6.45) is 1.77. The van der Waals surface area contributed by atoms with Crippen LogP contribution in [0.2, 0.25) is 0 Å². The fraction of sp³-hybridized carbons (Fsp3) is 0.421. The molecule has 1 aromatic carbocycles. The van der Waals surface area contributed by atoms with Crippen molar-refractivity contribution in [1.82, 2.24) is 15.5 Å². The minimum Gasteiger partial charge on any atom is -0.497 e. The van der Waals surface area contributed by atoms with Crippen LogP contribution in [0.25, 0.3) is 0 Å². The molecule has 0 spiro atoms. The van der Waals surface area contributed by atoms with E-state index in [1.165, 1.54) is 6.92 Å². The van der Waals surface area contributed by atoms with Crippen molar-refractivity contribution in [3.8, 4) is 5.75 Å². The number of aromatic nitrogens is 2. The molecule has 1 aliphatic carbocycles. The molecule has 0 radical (unpaired) electrons. The van der Waals surface area contributed by atoms with Crippen LogP contribution in [0, 0.1) is 0 Å². The first-order chi connectivity index (χ1) is 12.5. The third kappa shape index (κ3) is 4.04. The van der Waals surface area contributed by atoms with Gasteiger partial charge in [0.1, 0.15) is 5.75 Å². The second-order valence-corrected chi connectivity index (χ2v) is 6.76. The van der Waals surface area contributed by atoms with E-state index in [4.69, 9.17) is 4.74 Å². The summed E-state index contributed by atoms with van der Waals surface area (Å²) in [5.41, 5.74) is 1.90. The minimum absolute atomic E-state index is 0.00136. The highest BCUT2D eigenvalue weighted by Gasteiger charge is 2.32. The van der Waals surface area contributed by atoms with E-state index in [0.29, 0.717) is 11.7 Å². The lowest BCUT2D eigenvalue weighted by Gasteiger charge is -2.34. The Morgan fingerprint density at radius 2 is 1.96 bits per heavy atom. The molecule has 1 aliphatic rings. The Morgan fingerprint density at radius 3 is 2.58 bits per heavy atom. The molecule has 1 heterocycles. The largest absolute Gasteiger partial charge is 0.497 e. The summed E-state index contributed by atoms with van der Waals surface area (Å²) in [5, 5.41) is 12.9. The van der Waals surface area contributed by atoms with E-state index in [2.05, 4.69) is 20.8 Å². The van der Waals surface area contributed by atoms with Gasteiger partial charge in [0.15, 0.2) is 5.82 Å². The van der Waals surface area contributed by atoms with E-state index in [-0.39, 0.29) is 23.8 Å². The van der Waals surface area contributed by atoms with Gasteiger partial charge in [-0.2, -0.15) is 5.10 Å². The number of amides is 2. The highest BCUT2D eigenvalue weighted by molar-refractivity contribution is 5.94. The lowest BCUT2D eigenvalue weighted by atomic mass is 9.78. The Morgan fingerprint density at radius 1 is 1.27 bits per heavy atom. The molecule has 1 unspecified atom stereocenters. The van der Waals surface area contributed by atoms with Gasteiger partial charge in [0.2, 0.25) is 11.8 Å². The van der Waals surface area contributed by atoms with Gasteiger partial charge in [-0.1, -0.05) is 12.1 Å². The highest BCUT2D eigenvalue weighted by Crippen LogP contribution is 2.36. The van der Waals surface area contributed by atoms with E-state index >= 15 is 0 Å². The van der Waals surface area contributed by atoms with E-state index < -0.39 is 0 Å². The van der Waals surface area contributed by atoms with Gasteiger partial charge in [0, 0.05) is 30.6 Å². The lowest BCUT2D eigenvalue weighted by molar-refractivity contribution is -0.120. The van der Waals surface area contributed by atoms with Crippen molar-refractivity contribution >= 4 is 17.6 Å². The average Bonchev–Trinajstić information content (AvgIpc) is 3.04. The lowest BCUT2D eigenvalue weighted by Crippen LogP contribution is -2.42. The van der Waals surface area contributed by atoms with Crippen LogP contribution in [0.15, 0.2) is 30.3 Å². The van der Waals surface area contributed by atoms with Crippen LogP contribution in [0.5, 0.6) is 5.75 Å². The maximum absolute atomic E-state index is 12.5. The van der Waals surface area contributed by atoms with Crippen LogP contribution in [-0.4, -0.2) is 35.2 Å². The zero-order valence-electron chi connectivity index (χ0n) is 15.2. The van der Waals surface area contributed by atoms with Gasteiger partial charge in [-0.3, -0.25) is 14.7 Å². The molecular formula is C19H24N4O3. The number of H-pyrrole nitrogens is 1. The van der Waals surface area contributed by atoms with Crippen LogP contribution in [0.3, 0.4) is 0 Å². The number of anilines is 1. The fourth-order valence-electron chi connectivity index (χ4n) is 3.17. The third-order valence-corrected chi connectivity index (χ3v) is 4.84. The number of ether oxygens (including phenoxy) is 1. The third-order valence-electron chi connectivity index (χ3n) is 4.84. The highest BCUT2D eigenvalue weighted by atomic mass is 16.5. The number of aromatic amines is 1. The molecule has 2 amide bonds. The molecule has 0 saturated heterocycles. The fourth-order valence-corrected chi connectivity index (χ4v) is 3.17. The maximum Gasteiger partial charge on any atom is 0.232 e. The molecule has 26 heavy (non-hydrogen) atoms. The van der Waals surface area contributed by atoms with Gasteiger partial charge < -0.3 is 15.4 Å². The van der Waals surface area contributed by atoms with Crippen molar-refractivity contribution in [3.05, 3.63) is 41.6 Å². The first-order valence-corrected chi connectivity index (χ1v) is 8.73. The summed E-state index contributed by atoms with van der Waals surface area (Å²) < 4.78 is 5.14. The number of methoxy groups -OCH3 is 1. The van der Waals surface area contributed by atoms with Crippen molar-refractivity contribution in [3.63, 3.8) is 0 Å². The second-order valence-electron chi connectivity index (χ2n) is 6.76. The molecule has 2 aromatic rings. The standard InChI is InChI=1S/C19H24N4O3/c1-11(13-4-6-16(26-3)7-5-13)19(25)21-18-10-17(22-23-18)14-8-15(9-14)20-12(2)24/h4-7,10-11,14-15H,8-9H2,1-3H3,(H,20,24)(H2,21,22,23,25). The quantitative estimate of drug-likeness (QED) is 0.741. The van der Waals surface area contributed by atoms with Crippen molar-refractivity contribution in [2.24, 2.45) is 0 Å². The summed E-state index contributed by atoms with van der Waals surface area (Å²) in [6.45, 7) is 3.38. The molecule has 1 fully saturated rings. The molecule has 0 bridgehead atoms. The van der Waals surface area contributed by atoms with E-state index in [1.807, 2.05) is 37.3 Å². The number of carbonyl (C=O) groups is 2. The molecule has 0 aliphatic heterocycles. The van der Waals surface area contributed by atoms with Crippen molar-refractivity contribution in [1.29, 1.82) is 0 Å². The summed E-state index contributed by atoms with van der Waals surface area (Å²) in [7, 11) is 1.61. The summed E-state index contributed by atoms with van der Waals surface area (Å²) in [5.74, 6) is 1.21. The van der Waals surface area contributed by atoms with Gasteiger partial charge in [-0.25, -0.2) is 0 Å². The summed E-state index contributed by atoms with van der Waals surface area (Å²) >= 11 is 0. The van der Waals surface area contributed by atoms with Gasteiger partial charge in [0.25, 0.3) is 0 Å². The smallest absolute Gasteiger partial charge is 0.232 e. The van der Waals surface area contributed by atoms with Crippen molar-refractivity contribution in [2.75, 3.05) is 12.4 Å². The summed E-state index contributed by atoms with van der Waals surface area (Å²) in [4.78, 5) is 23.5. The Hall–Kier alpha value is -2.83. The van der Waals surface area contributed by atoms with E-state index in [9.17, 15) is 9.59 Å². The molecule has 7 nitrogen and oxygen atoms in total. The SMILES string of the molecule is COc1ccc(C(C)C(=O)Nc2cc(C3CC(NC(C)=O)C3)[nH]n2)cc1. The Labute approximate surface area is 152 Å². The van der Waals surface area contributed by atoms with E-state index in [1.54, 1.807) is 7.11 Å². The number of benzene rings is 1. The van der Waals surface area contributed by atoms with Gasteiger partial charge >= 0.3 is 0 Å². The molecule has 3 rings (SSSR count). The van der Waals surface area contributed by atoms with Crippen LogP contribution < -0.4 is 15.4 Å². The number of rotatable bonds is 6. The zero-order chi connectivity index (χ0) is 18.7. The first kappa shape index (κ1) is 18.0. The van der Waals surface area contributed by atoms with Crippen LogP contribution in [0.1, 0.15) is 49.8 Å². The molecular weight excluding hydrogens is 332 g/mol. The molecule has 138 valence electrons. The second kappa shape index (κ2) is 7.59. The first-order valence-electron chi connectivity index (χ1n) is 8.73. The van der Waals surface area contributed by atoms with Crippen LogP contribution in [-0.2, 0) is 9.59 Å². The van der Waals surface area contributed by atoms with Crippen LogP contribution >= 0.6 is 0 Å². The Kier molecular flexibility index (Phi) is 5.25. The molecule has 1 aromatic heterocycles. The van der Waals surface area contributed by atoms with Gasteiger partial charge in [0.05, 0.1) is 13.0 Å². The van der Waals surface area contributed by atoms with Gasteiger partial charge in [-0.05, 0) is 37.5 Å². The predicted molar refractivity (Wildman–Crippen MR) is 98.2 cm³/mol. The molecule has 3 N–H and O–H groups in total. The molecule has 7 heteroatoms. The zero-order valence-corrected chi connectivity index (χ0v) is 15.2. The van der Waals surface area contributed by atoms with Crippen molar-refractivity contribution < 1.29 is 14.3 Å². The number of hydrogen-bond acceptors (Lipinski definition) is 4. The number of nitrogens with one attached hydrogen (secondary N) is 3. The number of carbonyl (C=O) groups excluding carboxylic acids is 2. The normalized spacial score (nSPS) is 20.0. The molecule has 1 atom stereocenters. The van der Waals surface area contributed by atoms with Crippen LogP contribution in [0.4, 0.5) is 5.82 Å². The number of nitrogens with zero attached hydrogens (tertiary/aromatic N) is 1. The topological polar surface area (TPSA) is 96.1 Å². The maximum atomic E-state index is 12.5. The molecule has 1 saturated carbocycles. The number of hydrogen-bond donors (Lipinski definition) is 3. The van der Waals surface area contributed by atoms with E-state index in [0.717, 1.165) is 29.8 Å². The summed E-state index contributed by atoms with van der Waals surface area (Å²) in [6, 6.07) is 9.55. The van der Waals surface area contributed by atoms with Gasteiger partial charge in [-0.15, -0.1) is 0 Å².